The van der Waals surface area contributed by atoms with Gasteiger partial charge in [-0.2, -0.15) is 4.98 Å². The molecular weight excluding hydrogens is 446 g/mol. The molecule has 2 aliphatic rings. The van der Waals surface area contributed by atoms with Crippen LogP contribution in [0.15, 0.2) is 41.3 Å². The number of carbonyl (C=O) groups is 1. The molecule has 2 aliphatic heterocycles. The fourth-order valence-electron chi connectivity index (χ4n) is 4.80. The van der Waals surface area contributed by atoms with Crippen LogP contribution in [-0.4, -0.2) is 76.7 Å². The van der Waals surface area contributed by atoms with Crippen molar-refractivity contribution in [3.8, 4) is 0 Å². The highest BCUT2D eigenvalue weighted by Gasteiger charge is 2.23. The van der Waals surface area contributed by atoms with E-state index in [9.17, 15) is 14.7 Å². The van der Waals surface area contributed by atoms with Crippen molar-refractivity contribution in [3.05, 3.63) is 46.9 Å². The first-order chi connectivity index (χ1) is 17.0. The van der Waals surface area contributed by atoms with Gasteiger partial charge in [-0.15, -0.1) is 0 Å². The first-order valence-corrected chi connectivity index (χ1v) is 12.1. The molecule has 3 aromatic rings. The van der Waals surface area contributed by atoms with Gasteiger partial charge in [0, 0.05) is 70.4 Å². The maximum Gasteiger partial charge on any atom is 0.261 e. The van der Waals surface area contributed by atoms with E-state index < -0.39 is 0 Å². The van der Waals surface area contributed by atoms with Crippen LogP contribution in [0.2, 0.25) is 0 Å². The van der Waals surface area contributed by atoms with E-state index in [1.54, 1.807) is 19.2 Å². The second kappa shape index (κ2) is 9.91. The zero-order chi connectivity index (χ0) is 24.4. The number of aromatic amines is 1. The van der Waals surface area contributed by atoms with E-state index in [4.69, 9.17) is 4.98 Å². The molecule has 10 heteroatoms. The summed E-state index contributed by atoms with van der Waals surface area (Å²) in [4.78, 5) is 42.6. The molecule has 0 saturated carbocycles. The highest BCUT2D eigenvalue weighted by Crippen LogP contribution is 2.28. The minimum absolute atomic E-state index is 0.119. The topological polar surface area (TPSA) is 118 Å². The molecule has 35 heavy (non-hydrogen) atoms. The van der Waals surface area contributed by atoms with Crippen LogP contribution in [0.1, 0.15) is 19.8 Å². The quantitative estimate of drug-likeness (QED) is 0.510. The smallest absolute Gasteiger partial charge is 0.261 e. The summed E-state index contributed by atoms with van der Waals surface area (Å²) in [5, 5.41) is 13.2. The van der Waals surface area contributed by atoms with E-state index in [2.05, 4.69) is 25.1 Å². The van der Waals surface area contributed by atoms with Crippen LogP contribution in [0.5, 0.6) is 0 Å². The van der Waals surface area contributed by atoms with Gasteiger partial charge < -0.3 is 30.1 Å². The molecule has 2 saturated heterocycles. The van der Waals surface area contributed by atoms with Crippen molar-refractivity contribution in [2.24, 2.45) is 5.92 Å². The Morgan fingerprint density at radius 1 is 1.03 bits per heavy atom. The van der Waals surface area contributed by atoms with E-state index in [1.807, 2.05) is 29.2 Å². The number of anilines is 4. The summed E-state index contributed by atoms with van der Waals surface area (Å²) < 4.78 is 0. The summed E-state index contributed by atoms with van der Waals surface area (Å²) in [5.41, 5.74) is 2.27. The van der Waals surface area contributed by atoms with Gasteiger partial charge in [0.2, 0.25) is 11.9 Å². The van der Waals surface area contributed by atoms with Crippen molar-refractivity contribution in [1.29, 1.82) is 0 Å². The number of fused-ring (bicyclic) bond motifs is 1. The first-order valence-electron chi connectivity index (χ1n) is 12.1. The summed E-state index contributed by atoms with van der Waals surface area (Å²) in [6.07, 6.45) is 3.38. The average Bonchev–Trinajstić information content (AvgIpc) is 2.89. The maximum atomic E-state index is 12.6. The number of carbonyl (C=O) groups excluding carboxylic acids is 1. The molecule has 0 spiro atoms. The van der Waals surface area contributed by atoms with Crippen molar-refractivity contribution < 1.29 is 9.90 Å². The minimum atomic E-state index is -0.240. The van der Waals surface area contributed by atoms with Gasteiger partial charge in [0.05, 0.1) is 5.52 Å². The van der Waals surface area contributed by atoms with Crippen molar-refractivity contribution in [3.63, 3.8) is 0 Å². The molecule has 184 valence electrons. The molecule has 0 atom stereocenters. The Kier molecular flexibility index (Phi) is 6.54. The van der Waals surface area contributed by atoms with Crippen LogP contribution in [0.3, 0.4) is 0 Å². The fraction of sp³-hybridized carbons (Fsp3) is 0.440. The molecule has 2 aromatic heterocycles. The number of piperazine rings is 1. The molecular formula is C25H31N7O3. The van der Waals surface area contributed by atoms with Gasteiger partial charge in [-0.05, 0) is 49.1 Å². The molecule has 0 aliphatic carbocycles. The Labute approximate surface area is 203 Å². The number of hydrogen-bond donors (Lipinski definition) is 3. The van der Waals surface area contributed by atoms with Crippen LogP contribution in [0.4, 0.5) is 23.1 Å². The minimum Gasteiger partial charge on any atom is -0.396 e. The highest BCUT2D eigenvalue weighted by molar-refractivity contribution is 5.91. The van der Waals surface area contributed by atoms with Gasteiger partial charge in [-0.25, -0.2) is 4.98 Å². The summed E-state index contributed by atoms with van der Waals surface area (Å²) in [6, 6.07) is 9.82. The molecule has 0 unspecified atom stereocenters. The fourth-order valence-corrected chi connectivity index (χ4v) is 4.80. The maximum absolute atomic E-state index is 12.6. The summed E-state index contributed by atoms with van der Waals surface area (Å²) >= 11 is 0. The van der Waals surface area contributed by atoms with E-state index in [0.717, 1.165) is 63.5 Å². The molecule has 0 radical (unpaired) electrons. The van der Waals surface area contributed by atoms with Crippen LogP contribution in [-0.2, 0) is 4.79 Å². The number of rotatable bonds is 5. The third-order valence-electron chi connectivity index (χ3n) is 6.98. The number of aliphatic hydroxyl groups is 1. The van der Waals surface area contributed by atoms with E-state index in [-0.39, 0.29) is 18.1 Å². The lowest BCUT2D eigenvalue weighted by atomic mass is 9.98. The van der Waals surface area contributed by atoms with Crippen molar-refractivity contribution in [2.45, 2.75) is 19.8 Å². The zero-order valence-electron chi connectivity index (χ0n) is 19.9. The van der Waals surface area contributed by atoms with E-state index in [1.165, 1.54) is 0 Å². The monoisotopic (exact) mass is 477 g/mol. The number of aliphatic hydroxyl groups excluding tert-OH is 1. The van der Waals surface area contributed by atoms with Gasteiger partial charge in [0.25, 0.3) is 5.56 Å². The number of piperidine rings is 1. The lowest BCUT2D eigenvalue weighted by Gasteiger charge is -2.35. The summed E-state index contributed by atoms with van der Waals surface area (Å²) in [6.45, 7) is 6.41. The van der Waals surface area contributed by atoms with Gasteiger partial charge in [-0.3, -0.25) is 9.59 Å². The molecule has 3 N–H and O–H groups in total. The van der Waals surface area contributed by atoms with Gasteiger partial charge >= 0.3 is 0 Å². The summed E-state index contributed by atoms with van der Waals surface area (Å²) in [7, 11) is 0. The predicted molar refractivity (Wildman–Crippen MR) is 136 cm³/mol. The van der Waals surface area contributed by atoms with Crippen LogP contribution < -0.4 is 20.7 Å². The largest absolute Gasteiger partial charge is 0.396 e. The van der Waals surface area contributed by atoms with Crippen LogP contribution >= 0.6 is 0 Å². The van der Waals surface area contributed by atoms with Crippen LogP contribution in [0.25, 0.3) is 10.9 Å². The number of H-pyrrole nitrogens is 1. The number of nitrogens with one attached hydrogen (secondary N) is 2. The van der Waals surface area contributed by atoms with Crippen molar-refractivity contribution in [2.75, 3.05) is 61.0 Å². The number of pyridine rings is 1. The van der Waals surface area contributed by atoms with Gasteiger partial charge in [0.15, 0.2) is 0 Å². The molecule has 2 fully saturated rings. The molecule has 4 heterocycles. The van der Waals surface area contributed by atoms with E-state index >= 15 is 0 Å². The van der Waals surface area contributed by atoms with Crippen LogP contribution in [0, 0.1) is 5.92 Å². The number of aromatic nitrogens is 3. The third kappa shape index (κ3) is 4.93. The molecule has 5 rings (SSSR count). The SMILES string of the molecule is CC(=O)N1CCN(c2ccc(Nc3nc(N4CCC(CO)CC4)nc4cc[nH]c(=O)c34)cc2)CC1. The number of nitrogens with zero attached hydrogens (tertiary/aromatic N) is 5. The Balaban J connectivity index is 1.37. The third-order valence-corrected chi connectivity index (χ3v) is 6.98. The van der Waals surface area contributed by atoms with Gasteiger partial charge in [0.1, 0.15) is 11.2 Å². The van der Waals surface area contributed by atoms with E-state index in [0.29, 0.717) is 28.6 Å². The second-order valence-electron chi connectivity index (χ2n) is 9.22. The Bertz CT molecular complexity index is 1240. The Morgan fingerprint density at radius 3 is 2.40 bits per heavy atom. The van der Waals surface area contributed by atoms with Gasteiger partial charge in [-0.1, -0.05) is 0 Å². The van der Waals surface area contributed by atoms with Crippen molar-refractivity contribution >= 4 is 40.0 Å². The second-order valence-corrected chi connectivity index (χ2v) is 9.22. The average molecular weight is 478 g/mol. The lowest BCUT2D eigenvalue weighted by Crippen LogP contribution is -2.48. The standard InChI is InChI=1S/C25H31N7O3/c1-17(34)30-12-14-31(15-13-30)20-4-2-19(3-5-20)27-23-22-21(6-9-26-24(22)35)28-25(29-23)32-10-7-18(16-33)8-11-32/h2-6,9,18,33H,7-8,10-16H2,1H3,(H,26,35)(H,27,28,29). The Hall–Kier alpha value is -3.66. The zero-order valence-corrected chi connectivity index (χ0v) is 19.9. The first kappa shape index (κ1) is 23.1. The number of hydrogen-bond acceptors (Lipinski definition) is 8. The molecule has 1 amide bonds. The van der Waals surface area contributed by atoms with Crippen molar-refractivity contribution in [1.82, 2.24) is 19.9 Å². The highest BCUT2D eigenvalue weighted by atomic mass is 16.3. The lowest BCUT2D eigenvalue weighted by molar-refractivity contribution is -0.129. The Morgan fingerprint density at radius 2 is 1.74 bits per heavy atom. The number of benzene rings is 1. The number of amides is 1. The molecule has 0 bridgehead atoms. The summed E-state index contributed by atoms with van der Waals surface area (Å²) in [5.74, 6) is 1.49. The predicted octanol–water partition coefficient (Wildman–Crippen LogP) is 1.94. The normalized spacial score (nSPS) is 17.1. The molecule has 1 aromatic carbocycles. The molecule has 10 nitrogen and oxygen atoms in total.